The van der Waals surface area contributed by atoms with E-state index in [0.717, 1.165) is 22.1 Å². The smallest absolute Gasteiger partial charge is 0.208 e. The molecule has 0 bridgehead atoms. The Morgan fingerprint density at radius 1 is 0.470 bits per heavy atom. The minimum absolute atomic E-state index is 0.111. The van der Waals surface area contributed by atoms with Crippen LogP contribution >= 0.6 is 0 Å². The summed E-state index contributed by atoms with van der Waals surface area (Å²) in [4.78, 5) is 10.0. The summed E-state index contributed by atoms with van der Waals surface area (Å²) in [5.41, 5.74) is 4.16. The second kappa shape index (κ2) is 14.5. The molecule has 8 aromatic carbocycles. The lowest BCUT2D eigenvalue weighted by atomic mass is 9.98. The van der Waals surface area contributed by atoms with Crippen molar-refractivity contribution >= 4 is 55.4 Å². The zero-order valence-corrected chi connectivity index (χ0v) is 34.0. The Morgan fingerprint density at radius 3 is 1.55 bits per heavy atom. The molecule has 66 heavy (non-hydrogen) atoms. The summed E-state index contributed by atoms with van der Waals surface area (Å²) in [7, 11) is 0. The number of para-hydroxylation sites is 1. The van der Waals surface area contributed by atoms with Crippen molar-refractivity contribution in [2.24, 2.45) is 9.98 Å². The zero-order valence-electron chi connectivity index (χ0n) is 34.0. The third-order valence-corrected chi connectivity index (χ3v) is 12.0. The lowest BCUT2D eigenvalue weighted by molar-refractivity contribution is 0.330. The second-order valence-corrected chi connectivity index (χ2v) is 15.7. The molecule has 15 heteroatoms. The third-order valence-electron chi connectivity index (χ3n) is 12.0. The molecule has 1 aliphatic rings. The number of rotatable bonds is 6. The Morgan fingerprint density at radius 2 is 0.985 bits per heavy atom. The molecular formula is C51H34N4O11. The van der Waals surface area contributed by atoms with E-state index in [1.54, 1.807) is 34.9 Å². The molecule has 324 valence electrons. The highest BCUT2D eigenvalue weighted by molar-refractivity contribution is 6.23. The van der Waals surface area contributed by atoms with Crippen molar-refractivity contribution < 1.29 is 55.5 Å². The van der Waals surface area contributed by atoms with Crippen molar-refractivity contribution in [2.45, 2.75) is 6.17 Å². The van der Waals surface area contributed by atoms with E-state index < -0.39 is 63.7 Å². The molecule has 15 nitrogen and oxygen atoms in total. The van der Waals surface area contributed by atoms with Crippen LogP contribution in [-0.4, -0.2) is 67.3 Å². The molecule has 1 unspecified atom stereocenters. The summed E-state index contributed by atoms with van der Waals surface area (Å²) < 4.78 is 8.56. The molecule has 0 saturated carbocycles. The van der Waals surface area contributed by atoms with E-state index in [2.05, 4.69) is 5.32 Å². The first-order valence-electron chi connectivity index (χ1n) is 20.4. The lowest BCUT2D eigenvalue weighted by Gasteiger charge is -2.24. The van der Waals surface area contributed by atoms with E-state index in [4.69, 9.17) is 14.4 Å². The van der Waals surface area contributed by atoms with E-state index in [0.29, 0.717) is 55.7 Å². The highest BCUT2D eigenvalue weighted by atomic mass is 16.4. The Kier molecular flexibility index (Phi) is 8.67. The molecule has 11 N–H and O–H groups in total. The first-order valence-corrected chi connectivity index (χ1v) is 20.4. The summed E-state index contributed by atoms with van der Waals surface area (Å²) in [6.45, 7) is 0. The summed E-state index contributed by atoms with van der Waals surface area (Å²) in [5.74, 6) is -8.95. The molecule has 3 heterocycles. The number of aromatic nitrogens is 1. The number of nitrogens with zero attached hydrogens (tertiary/aromatic N) is 3. The molecule has 1 atom stereocenters. The van der Waals surface area contributed by atoms with Crippen LogP contribution in [0.2, 0.25) is 0 Å². The van der Waals surface area contributed by atoms with Gasteiger partial charge in [0.1, 0.15) is 17.6 Å². The topological polar surface area (TPSA) is 257 Å². The summed E-state index contributed by atoms with van der Waals surface area (Å²) in [6.07, 6.45) is -0.480. The lowest BCUT2D eigenvalue weighted by Crippen LogP contribution is -2.33. The van der Waals surface area contributed by atoms with Gasteiger partial charge in [0.05, 0.1) is 27.8 Å². The third kappa shape index (κ3) is 5.76. The predicted octanol–water partition coefficient (Wildman–Crippen LogP) is 9.57. The van der Waals surface area contributed by atoms with Crippen molar-refractivity contribution in [3.05, 3.63) is 150 Å². The number of benzene rings is 8. The van der Waals surface area contributed by atoms with Crippen LogP contribution in [0.1, 0.15) is 22.9 Å². The van der Waals surface area contributed by atoms with Crippen molar-refractivity contribution in [1.29, 1.82) is 0 Å². The number of fused-ring (bicyclic) bond motifs is 6. The number of furan rings is 1. The molecule has 11 rings (SSSR count). The maximum absolute atomic E-state index is 11.0. The molecule has 0 fully saturated rings. The van der Waals surface area contributed by atoms with E-state index in [9.17, 15) is 51.1 Å². The number of aromatic hydroxyl groups is 10. The average molecular weight is 879 g/mol. The van der Waals surface area contributed by atoms with E-state index in [-0.39, 0.29) is 22.3 Å². The van der Waals surface area contributed by atoms with Gasteiger partial charge in [0, 0.05) is 32.7 Å². The molecule has 0 radical (unpaired) electrons. The van der Waals surface area contributed by atoms with Gasteiger partial charge in [-0.3, -0.25) is 0 Å². The number of phenolic OH excluding ortho intramolecular Hbond substituents is 10. The van der Waals surface area contributed by atoms with Crippen LogP contribution in [-0.2, 0) is 0 Å². The largest absolute Gasteiger partial charge is 0.504 e. The first kappa shape index (κ1) is 39.4. The van der Waals surface area contributed by atoms with Gasteiger partial charge in [-0.05, 0) is 41.0 Å². The molecule has 0 amide bonds. The van der Waals surface area contributed by atoms with Gasteiger partial charge in [0.15, 0.2) is 34.4 Å². The van der Waals surface area contributed by atoms with Crippen LogP contribution in [0, 0.1) is 0 Å². The van der Waals surface area contributed by atoms with Crippen LogP contribution in [0.5, 0.6) is 57.5 Å². The van der Waals surface area contributed by atoms with Gasteiger partial charge in [-0.2, -0.15) is 0 Å². The average Bonchev–Trinajstić information content (AvgIpc) is 3.90. The van der Waals surface area contributed by atoms with E-state index in [1.165, 1.54) is 12.1 Å². The number of aliphatic imine (C=N–C) groups is 2. The fourth-order valence-electron chi connectivity index (χ4n) is 8.82. The van der Waals surface area contributed by atoms with Crippen molar-refractivity contribution in [1.82, 2.24) is 9.88 Å². The maximum atomic E-state index is 11.0. The minimum Gasteiger partial charge on any atom is -0.504 e. The minimum atomic E-state index is -1.11. The van der Waals surface area contributed by atoms with Gasteiger partial charge in [-0.15, -0.1) is 0 Å². The molecular weight excluding hydrogens is 845 g/mol. The number of nitrogens with one attached hydrogen (secondary N) is 1. The van der Waals surface area contributed by atoms with Crippen LogP contribution in [0.4, 0.5) is 0 Å². The highest BCUT2D eigenvalue weighted by Crippen LogP contribution is 2.57. The van der Waals surface area contributed by atoms with Crippen LogP contribution < -0.4 is 5.32 Å². The van der Waals surface area contributed by atoms with Crippen LogP contribution in [0.3, 0.4) is 0 Å². The monoisotopic (exact) mass is 878 g/mol. The molecule has 0 saturated heterocycles. The Bertz CT molecular complexity index is 3560. The quantitative estimate of drug-likeness (QED) is 0.0551. The van der Waals surface area contributed by atoms with E-state index in [1.807, 2.05) is 91.0 Å². The van der Waals surface area contributed by atoms with Crippen molar-refractivity contribution in [2.75, 3.05) is 0 Å². The van der Waals surface area contributed by atoms with E-state index >= 15 is 0 Å². The normalized spacial score (nSPS) is 13.9. The van der Waals surface area contributed by atoms with Gasteiger partial charge in [0.25, 0.3) is 0 Å². The molecule has 0 aliphatic carbocycles. The van der Waals surface area contributed by atoms with Gasteiger partial charge < -0.3 is 65.4 Å². The molecule has 0 spiro atoms. The van der Waals surface area contributed by atoms with Gasteiger partial charge in [-0.1, -0.05) is 109 Å². The standard InChI is InChI=1S/C51H34N4O11/c56-38-35(39(57)43(61)46(64)42(38)60)25-17-19-27-28-20-18-26(36-40(58)44(62)47(65)45(63)41(36)59)22-33(28)55(32(27)21-25)31-15-7-13-29-37-30(14-8-16-34(37)66-48(29)31)51-53-49(23-9-3-1-4-10-23)52-50(54-51)24-11-5-2-6-12-24/h1-22,49,56-65H,(H,52,53,54). The van der Waals surface area contributed by atoms with Gasteiger partial charge >= 0.3 is 0 Å². The SMILES string of the molecule is Oc1c(O)c(O)c(-c2ccc3c4ccc(-c5c(O)c(O)c(O)c(O)c5O)cc4n(-c4cccc5c4oc4cccc(C6=NC(c7ccccc7)=NC(c7ccccc7)N6)c45)c3c2)c(O)c1O. The molecule has 10 aromatic rings. The van der Waals surface area contributed by atoms with Crippen molar-refractivity contribution in [3.8, 4) is 85.4 Å². The molecule has 1 aliphatic heterocycles. The summed E-state index contributed by atoms with van der Waals surface area (Å²) in [6, 6.07) is 40.2. The number of hydrogen-bond donors (Lipinski definition) is 11. The Labute approximate surface area is 371 Å². The zero-order chi connectivity index (χ0) is 45.7. The predicted molar refractivity (Wildman–Crippen MR) is 247 cm³/mol. The van der Waals surface area contributed by atoms with Gasteiger partial charge in [-0.25, -0.2) is 9.98 Å². The highest BCUT2D eigenvalue weighted by Gasteiger charge is 2.29. The maximum Gasteiger partial charge on any atom is 0.208 e. The summed E-state index contributed by atoms with van der Waals surface area (Å²) >= 11 is 0. The second-order valence-electron chi connectivity index (χ2n) is 15.7. The number of hydrogen-bond acceptors (Lipinski definition) is 14. The number of amidine groups is 2. The summed E-state index contributed by atoms with van der Waals surface area (Å²) in [5, 5.41) is 112. The van der Waals surface area contributed by atoms with Crippen LogP contribution in [0.25, 0.3) is 71.7 Å². The Hall–Kier alpha value is -9.50. The fourth-order valence-corrected chi connectivity index (χ4v) is 8.82. The fraction of sp³-hybridized carbons (Fsp3) is 0.0196. The van der Waals surface area contributed by atoms with Gasteiger partial charge in [0.2, 0.25) is 34.5 Å². The van der Waals surface area contributed by atoms with Crippen molar-refractivity contribution in [3.63, 3.8) is 0 Å². The van der Waals surface area contributed by atoms with Crippen LogP contribution in [0.15, 0.2) is 148 Å². The molecule has 2 aromatic heterocycles. The number of phenols is 10. The Balaban J connectivity index is 1.18. The first-order chi connectivity index (χ1) is 31.9.